The molecule has 1 N–H and O–H groups in total. The van der Waals surface area contributed by atoms with Crippen LogP contribution in [-0.4, -0.2) is 47.7 Å². The van der Waals surface area contributed by atoms with E-state index in [1.807, 2.05) is 24.5 Å². The van der Waals surface area contributed by atoms with Crippen molar-refractivity contribution < 1.29 is 0 Å². The molecule has 22 heavy (non-hydrogen) atoms. The lowest BCUT2D eigenvalue weighted by Crippen LogP contribution is -2.50. The molecule has 0 bridgehead atoms. The maximum Gasteiger partial charge on any atom is 0.198 e. The van der Waals surface area contributed by atoms with Crippen LogP contribution in [0.2, 0.25) is 0 Å². The molecule has 0 aliphatic carbocycles. The van der Waals surface area contributed by atoms with Gasteiger partial charge in [0.05, 0.1) is 6.34 Å². The van der Waals surface area contributed by atoms with Crippen LogP contribution < -0.4 is 5.32 Å². The molecule has 0 radical (unpaired) electrons. The molecule has 0 saturated heterocycles. The molecule has 2 aliphatic rings. The Morgan fingerprint density at radius 2 is 2.14 bits per heavy atom. The van der Waals surface area contributed by atoms with Gasteiger partial charge in [-0.2, -0.15) is 0 Å². The number of nitrogens with one attached hydrogen (secondary N) is 1. The summed E-state index contributed by atoms with van der Waals surface area (Å²) in [6.45, 7) is 3.78. The van der Waals surface area contributed by atoms with Gasteiger partial charge in [-0.15, -0.1) is 0 Å². The summed E-state index contributed by atoms with van der Waals surface area (Å²) in [5, 5.41) is 3.46. The van der Waals surface area contributed by atoms with Gasteiger partial charge in [0.2, 0.25) is 0 Å². The van der Waals surface area contributed by atoms with Gasteiger partial charge in [-0.3, -0.25) is 9.98 Å². The van der Waals surface area contributed by atoms with Gasteiger partial charge in [0.1, 0.15) is 11.9 Å². The molecule has 1 aromatic rings. The Morgan fingerprint density at radius 3 is 2.91 bits per heavy atom. The first kappa shape index (κ1) is 15.0. The van der Waals surface area contributed by atoms with Gasteiger partial charge >= 0.3 is 0 Å². The summed E-state index contributed by atoms with van der Waals surface area (Å²) < 4.78 is 0. The smallest absolute Gasteiger partial charge is 0.198 e. The number of benzene rings is 1. The minimum atomic E-state index is -0.0650. The second kappa shape index (κ2) is 6.92. The lowest BCUT2D eigenvalue weighted by atomic mass is 10.1. The normalized spacial score (nSPS) is 25.1. The zero-order valence-electron chi connectivity index (χ0n) is 12.6. The largest absolute Gasteiger partial charge is 0.339 e. The first-order valence-electron chi connectivity index (χ1n) is 7.65. The highest BCUT2D eigenvalue weighted by Gasteiger charge is 2.37. The van der Waals surface area contributed by atoms with Crippen LogP contribution in [0, 0.1) is 0 Å². The zero-order chi connectivity index (χ0) is 15.4. The maximum atomic E-state index is 6.12. The van der Waals surface area contributed by atoms with E-state index in [0.717, 1.165) is 25.2 Å². The highest BCUT2D eigenvalue weighted by Crippen LogP contribution is 2.20. The second-order valence-corrected chi connectivity index (χ2v) is 5.77. The first-order chi connectivity index (χ1) is 10.8. The molecule has 6 heteroatoms. The van der Waals surface area contributed by atoms with Crippen LogP contribution in [0.1, 0.15) is 18.9 Å². The third kappa shape index (κ3) is 3.30. The van der Waals surface area contributed by atoms with Crippen molar-refractivity contribution in [1.29, 1.82) is 0 Å². The first-order valence-corrected chi connectivity index (χ1v) is 8.03. The van der Waals surface area contributed by atoms with E-state index < -0.39 is 0 Å². The minimum absolute atomic E-state index is 0.0517. The van der Waals surface area contributed by atoms with Crippen LogP contribution in [0.4, 0.5) is 0 Å². The zero-order valence-corrected chi connectivity index (χ0v) is 13.4. The number of hydrogen-bond donors (Lipinski definition) is 1. The molecule has 2 aliphatic heterocycles. The summed E-state index contributed by atoms with van der Waals surface area (Å²) in [6.07, 6.45) is 3.77. The SMILES string of the molecule is CCCN1C=NC2C(=NCCc3ccccc3)NC(Cl)=NC21. The summed E-state index contributed by atoms with van der Waals surface area (Å²) in [6, 6.07) is 10.3. The lowest BCUT2D eigenvalue weighted by molar-refractivity contribution is 0.339. The van der Waals surface area contributed by atoms with E-state index in [9.17, 15) is 0 Å². The van der Waals surface area contributed by atoms with Crippen LogP contribution in [0.15, 0.2) is 45.3 Å². The van der Waals surface area contributed by atoms with E-state index in [2.05, 4.69) is 44.3 Å². The fraction of sp³-hybridized carbons (Fsp3) is 0.438. The summed E-state index contributed by atoms with van der Waals surface area (Å²) in [5.74, 6) is 0.816. The molecule has 0 saturated carbocycles. The highest BCUT2D eigenvalue weighted by atomic mass is 35.5. The van der Waals surface area contributed by atoms with Crippen molar-refractivity contribution in [3.63, 3.8) is 0 Å². The van der Waals surface area contributed by atoms with Gasteiger partial charge in [-0.1, -0.05) is 37.3 Å². The second-order valence-electron chi connectivity index (χ2n) is 5.41. The number of rotatable bonds is 5. The van der Waals surface area contributed by atoms with E-state index in [1.54, 1.807) is 0 Å². The highest BCUT2D eigenvalue weighted by molar-refractivity contribution is 6.66. The minimum Gasteiger partial charge on any atom is -0.339 e. The molecule has 3 rings (SSSR count). The topological polar surface area (TPSA) is 52.4 Å². The molecule has 0 amide bonds. The molecule has 2 heterocycles. The molecule has 0 aromatic heterocycles. The third-order valence-corrected chi connectivity index (χ3v) is 3.95. The van der Waals surface area contributed by atoms with Crippen LogP contribution in [0.3, 0.4) is 0 Å². The number of aliphatic imine (C=N–C) groups is 3. The Hall–Kier alpha value is -1.88. The van der Waals surface area contributed by atoms with E-state index in [0.29, 0.717) is 11.8 Å². The fourth-order valence-electron chi connectivity index (χ4n) is 2.70. The van der Waals surface area contributed by atoms with E-state index in [4.69, 9.17) is 11.6 Å². The lowest BCUT2D eigenvalue weighted by Gasteiger charge is -2.29. The quantitative estimate of drug-likeness (QED) is 0.847. The molecular formula is C16H20ClN5. The third-order valence-electron chi connectivity index (χ3n) is 3.76. The van der Waals surface area contributed by atoms with Crippen LogP contribution in [0.25, 0.3) is 0 Å². The van der Waals surface area contributed by atoms with Gasteiger partial charge in [-0.05, 0) is 30.0 Å². The molecule has 0 fully saturated rings. The summed E-state index contributed by atoms with van der Waals surface area (Å²) >= 11 is 6.12. The van der Waals surface area contributed by atoms with Gasteiger partial charge < -0.3 is 10.2 Å². The van der Waals surface area contributed by atoms with Crippen molar-refractivity contribution in [2.75, 3.05) is 13.1 Å². The van der Waals surface area contributed by atoms with Crippen LogP contribution in [0.5, 0.6) is 0 Å². The predicted molar refractivity (Wildman–Crippen MR) is 91.9 cm³/mol. The van der Waals surface area contributed by atoms with Crippen LogP contribution >= 0.6 is 11.6 Å². The average Bonchev–Trinajstić information content (AvgIpc) is 2.92. The van der Waals surface area contributed by atoms with Gasteiger partial charge in [0.25, 0.3) is 0 Å². The Bertz CT molecular complexity index is 596. The Balaban J connectivity index is 1.68. The molecule has 1 aromatic carbocycles. The van der Waals surface area contributed by atoms with Crippen molar-refractivity contribution >= 4 is 29.1 Å². The van der Waals surface area contributed by atoms with E-state index in [-0.39, 0.29) is 12.2 Å². The molecule has 2 atom stereocenters. The summed E-state index contributed by atoms with van der Waals surface area (Å²) in [4.78, 5) is 15.8. The number of amidine groups is 2. The van der Waals surface area contributed by atoms with Gasteiger partial charge in [0.15, 0.2) is 11.5 Å². The Labute approximate surface area is 135 Å². The molecular weight excluding hydrogens is 298 g/mol. The number of fused-ring (bicyclic) bond motifs is 1. The van der Waals surface area contributed by atoms with E-state index >= 15 is 0 Å². The predicted octanol–water partition coefficient (Wildman–Crippen LogP) is 2.27. The van der Waals surface area contributed by atoms with E-state index in [1.165, 1.54) is 5.56 Å². The molecule has 116 valence electrons. The monoisotopic (exact) mass is 317 g/mol. The number of nitrogens with zero attached hydrogens (tertiary/aromatic N) is 4. The van der Waals surface area contributed by atoms with Gasteiger partial charge in [0, 0.05) is 13.1 Å². The van der Waals surface area contributed by atoms with Crippen molar-refractivity contribution in [3.05, 3.63) is 35.9 Å². The summed E-state index contributed by atoms with van der Waals surface area (Å²) in [5.41, 5.74) is 1.28. The Morgan fingerprint density at radius 1 is 1.32 bits per heavy atom. The maximum absolute atomic E-state index is 6.12. The van der Waals surface area contributed by atoms with Gasteiger partial charge in [-0.25, -0.2) is 4.99 Å². The fourth-order valence-corrected chi connectivity index (χ4v) is 2.90. The number of halogens is 1. The molecule has 5 nitrogen and oxygen atoms in total. The number of hydrogen-bond acceptors (Lipinski definition) is 4. The average molecular weight is 318 g/mol. The standard InChI is InChI=1S/C16H20ClN5/c1-2-10-22-11-19-13-14(20-16(17)21-15(13)22)18-9-8-12-6-4-3-5-7-12/h3-7,11,13,15H,2,8-10H2,1H3,(H,18,20,21). The van der Waals surface area contributed by atoms with Crippen LogP contribution in [-0.2, 0) is 6.42 Å². The van der Waals surface area contributed by atoms with Crippen molar-refractivity contribution in [2.45, 2.75) is 32.0 Å². The summed E-state index contributed by atoms with van der Waals surface area (Å²) in [7, 11) is 0. The molecule has 2 unspecified atom stereocenters. The Kier molecular flexibility index (Phi) is 4.73. The molecule has 0 spiro atoms. The van der Waals surface area contributed by atoms with Crippen molar-refractivity contribution in [1.82, 2.24) is 10.2 Å². The van der Waals surface area contributed by atoms with Crippen molar-refractivity contribution in [3.8, 4) is 0 Å². The van der Waals surface area contributed by atoms with Crippen molar-refractivity contribution in [2.24, 2.45) is 15.0 Å².